The van der Waals surface area contributed by atoms with Gasteiger partial charge in [-0.1, -0.05) is 34.6 Å². The smallest absolute Gasteiger partial charge is 0.0398 e. The van der Waals surface area contributed by atoms with Gasteiger partial charge >= 0.3 is 0 Å². The molecule has 2 heteroatoms. The number of hydrogen-bond acceptors (Lipinski definition) is 2. The highest BCUT2D eigenvalue weighted by atomic mass is 32.2. The molecule has 0 aliphatic rings. The molecule has 0 radical (unpaired) electrons. The normalized spacial score (nSPS) is 13.6. The van der Waals surface area contributed by atoms with Crippen LogP contribution in [0.3, 0.4) is 0 Å². The first-order chi connectivity index (χ1) is 4.77. The molecule has 0 spiro atoms. The number of rotatable bonds is 3. The maximum Gasteiger partial charge on any atom is 0.0398 e. The zero-order valence-corrected chi connectivity index (χ0v) is 9.22. The molecule has 0 atom stereocenters. The fourth-order valence-electron chi connectivity index (χ4n) is 1.55. The summed E-state index contributed by atoms with van der Waals surface area (Å²) in [5, 5.41) is 0. The summed E-state index contributed by atoms with van der Waals surface area (Å²) in [7, 11) is 0. The standard InChI is InChI=1S/C9H21NS/c1-8(2,3)6-9(4,5)11-7-10/h6-7,10H2,1-5H3. The molecule has 0 aromatic carbocycles. The molecule has 0 rings (SSSR count). The summed E-state index contributed by atoms with van der Waals surface area (Å²) in [6, 6.07) is 0. The SMILES string of the molecule is CC(C)(C)CC(C)(C)SCN. The van der Waals surface area contributed by atoms with Crippen LogP contribution in [0.15, 0.2) is 0 Å². The molecular formula is C9H21NS. The lowest BCUT2D eigenvalue weighted by atomic mass is 9.86. The highest BCUT2D eigenvalue weighted by molar-refractivity contribution is 8.00. The molecule has 0 aromatic rings. The van der Waals surface area contributed by atoms with Crippen LogP contribution in [-0.2, 0) is 0 Å². The Labute approximate surface area is 75.1 Å². The van der Waals surface area contributed by atoms with Crippen molar-refractivity contribution in [3.8, 4) is 0 Å². The topological polar surface area (TPSA) is 26.0 Å². The van der Waals surface area contributed by atoms with Crippen molar-refractivity contribution >= 4 is 11.8 Å². The van der Waals surface area contributed by atoms with Crippen molar-refractivity contribution < 1.29 is 0 Å². The van der Waals surface area contributed by atoms with Gasteiger partial charge in [0.1, 0.15) is 0 Å². The average Bonchev–Trinajstić information content (AvgIpc) is 1.55. The maximum atomic E-state index is 5.50. The quantitative estimate of drug-likeness (QED) is 0.667. The van der Waals surface area contributed by atoms with Gasteiger partial charge in [-0.3, -0.25) is 0 Å². The molecule has 1 nitrogen and oxygen atoms in total. The molecule has 11 heavy (non-hydrogen) atoms. The lowest BCUT2D eigenvalue weighted by molar-refractivity contribution is 0.339. The van der Waals surface area contributed by atoms with Gasteiger partial charge in [0.2, 0.25) is 0 Å². The van der Waals surface area contributed by atoms with Gasteiger partial charge < -0.3 is 5.73 Å². The zero-order valence-electron chi connectivity index (χ0n) is 8.40. The monoisotopic (exact) mass is 175 g/mol. The minimum atomic E-state index is 0.326. The van der Waals surface area contributed by atoms with Crippen molar-refractivity contribution in [2.24, 2.45) is 11.1 Å². The van der Waals surface area contributed by atoms with Gasteiger partial charge in [0.25, 0.3) is 0 Å². The van der Waals surface area contributed by atoms with Gasteiger partial charge in [0.05, 0.1) is 0 Å². The van der Waals surface area contributed by atoms with E-state index in [1.165, 1.54) is 6.42 Å². The molecule has 0 aliphatic heterocycles. The van der Waals surface area contributed by atoms with E-state index in [0.29, 0.717) is 10.2 Å². The zero-order chi connectivity index (χ0) is 9.12. The molecule has 0 aromatic heterocycles. The van der Waals surface area contributed by atoms with E-state index in [1.807, 2.05) is 11.8 Å². The van der Waals surface area contributed by atoms with Gasteiger partial charge in [-0.25, -0.2) is 0 Å². The first kappa shape index (κ1) is 11.3. The van der Waals surface area contributed by atoms with Crippen molar-refractivity contribution in [3.63, 3.8) is 0 Å². The summed E-state index contributed by atoms with van der Waals surface area (Å²) < 4.78 is 0.326. The number of thioether (sulfide) groups is 1. The van der Waals surface area contributed by atoms with Crippen LogP contribution in [0.4, 0.5) is 0 Å². The third kappa shape index (κ3) is 6.70. The van der Waals surface area contributed by atoms with Crippen LogP contribution >= 0.6 is 11.8 Å². The van der Waals surface area contributed by atoms with Crippen molar-refractivity contribution in [1.29, 1.82) is 0 Å². The van der Waals surface area contributed by atoms with Gasteiger partial charge in [0, 0.05) is 10.6 Å². The van der Waals surface area contributed by atoms with Gasteiger partial charge in [0.15, 0.2) is 0 Å². The van der Waals surface area contributed by atoms with Crippen molar-refractivity contribution in [2.45, 2.75) is 45.8 Å². The van der Waals surface area contributed by atoms with E-state index in [-0.39, 0.29) is 0 Å². The van der Waals surface area contributed by atoms with E-state index in [2.05, 4.69) is 34.6 Å². The Balaban J connectivity index is 3.91. The second kappa shape index (κ2) is 3.81. The van der Waals surface area contributed by atoms with Crippen LogP contribution < -0.4 is 5.73 Å². The molecule has 0 fully saturated rings. The van der Waals surface area contributed by atoms with Crippen LogP contribution in [0, 0.1) is 5.41 Å². The van der Waals surface area contributed by atoms with Crippen molar-refractivity contribution in [3.05, 3.63) is 0 Å². The molecule has 0 amide bonds. The van der Waals surface area contributed by atoms with Crippen molar-refractivity contribution in [2.75, 3.05) is 5.88 Å². The Morgan fingerprint density at radius 3 is 1.82 bits per heavy atom. The predicted molar refractivity (Wildman–Crippen MR) is 54.8 cm³/mol. The summed E-state index contributed by atoms with van der Waals surface area (Å²) in [5.41, 5.74) is 5.90. The van der Waals surface area contributed by atoms with E-state index in [4.69, 9.17) is 5.73 Å². The molecule has 0 bridgehead atoms. The van der Waals surface area contributed by atoms with Crippen LogP contribution in [0.1, 0.15) is 41.0 Å². The fraction of sp³-hybridized carbons (Fsp3) is 1.00. The molecule has 68 valence electrons. The Morgan fingerprint density at radius 1 is 1.09 bits per heavy atom. The van der Waals surface area contributed by atoms with Gasteiger partial charge in [-0.2, -0.15) is 0 Å². The second-order valence-electron chi connectivity index (χ2n) is 4.81. The van der Waals surface area contributed by atoms with E-state index >= 15 is 0 Å². The van der Waals surface area contributed by atoms with E-state index < -0.39 is 0 Å². The second-order valence-corrected chi connectivity index (χ2v) is 6.54. The molecular weight excluding hydrogens is 154 g/mol. The molecule has 0 saturated heterocycles. The third-order valence-electron chi connectivity index (χ3n) is 1.43. The lowest BCUT2D eigenvalue weighted by Crippen LogP contribution is -2.24. The highest BCUT2D eigenvalue weighted by Crippen LogP contribution is 2.35. The first-order valence-electron chi connectivity index (χ1n) is 4.11. The van der Waals surface area contributed by atoms with Crippen LogP contribution in [0.5, 0.6) is 0 Å². The minimum Gasteiger partial charge on any atom is -0.322 e. The van der Waals surface area contributed by atoms with Crippen LogP contribution in [0.2, 0.25) is 0 Å². The fourth-order valence-corrected chi connectivity index (χ4v) is 2.54. The molecule has 0 saturated carbocycles. The van der Waals surface area contributed by atoms with Gasteiger partial charge in [-0.05, 0) is 11.8 Å². The Kier molecular flexibility index (Phi) is 3.92. The van der Waals surface area contributed by atoms with E-state index in [9.17, 15) is 0 Å². The molecule has 0 aliphatic carbocycles. The number of nitrogens with two attached hydrogens (primary N) is 1. The average molecular weight is 175 g/mol. The lowest BCUT2D eigenvalue weighted by Gasteiger charge is -2.31. The van der Waals surface area contributed by atoms with E-state index in [1.54, 1.807) is 0 Å². The van der Waals surface area contributed by atoms with Gasteiger partial charge in [-0.15, -0.1) is 11.8 Å². The maximum absolute atomic E-state index is 5.50. The summed E-state index contributed by atoms with van der Waals surface area (Å²) in [5.74, 6) is 0.725. The Morgan fingerprint density at radius 2 is 1.55 bits per heavy atom. The number of hydrogen-bond donors (Lipinski definition) is 1. The first-order valence-corrected chi connectivity index (χ1v) is 5.09. The highest BCUT2D eigenvalue weighted by Gasteiger charge is 2.24. The van der Waals surface area contributed by atoms with Crippen molar-refractivity contribution in [1.82, 2.24) is 0 Å². The molecule has 2 N–H and O–H groups in total. The summed E-state index contributed by atoms with van der Waals surface area (Å²) in [4.78, 5) is 0. The minimum absolute atomic E-state index is 0.326. The Hall–Kier alpha value is 0.310. The largest absolute Gasteiger partial charge is 0.322 e. The molecule has 0 heterocycles. The van der Waals surface area contributed by atoms with Crippen LogP contribution in [0.25, 0.3) is 0 Å². The predicted octanol–water partition coefficient (Wildman–Crippen LogP) is 2.85. The Bertz CT molecular complexity index is 113. The third-order valence-corrected chi connectivity index (χ3v) is 2.52. The summed E-state index contributed by atoms with van der Waals surface area (Å²) in [6.45, 7) is 11.3. The summed E-state index contributed by atoms with van der Waals surface area (Å²) in [6.07, 6.45) is 1.21. The van der Waals surface area contributed by atoms with E-state index in [0.717, 1.165) is 5.88 Å². The van der Waals surface area contributed by atoms with Crippen LogP contribution in [-0.4, -0.2) is 10.6 Å². The molecule has 0 unspecified atom stereocenters. The summed E-state index contributed by atoms with van der Waals surface area (Å²) >= 11 is 1.84.